The van der Waals surface area contributed by atoms with E-state index in [4.69, 9.17) is 0 Å². The first-order chi connectivity index (χ1) is 21.5. The average molecular weight is 587 g/mol. The molecular formula is C33H30N8O3. The summed E-state index contributed by atoms with van der Waals surface area (Å²) in [6.07, 6.45) is 0. The molecule has 0 bridgehead atoms. The van der Waals surface area contributed by atoms with Gasteiger partial charge in [-0.15, -0.1) is 0 Å². The van der Waals surface area contributed by atoms with Gasteiger partial charge in [0.15, 0.2) is 0 Å². The van der Waals surface area contributed by atoms with E-state index >= 15 is 0 Å². The third kappa shape index (κ3) is 6.90. The molecule has 6 N–H and O–H groups in total. The summed E-state index contributed by atoms with van der Waals surface area (Å²) in [6.45, 7) is 3.21. The summed E-state index contributed by atoms with van der Waals surface area (Å²) >= 11 is 0. The second-order valence-corrected chi connectivity index (χ2v) is 10.0. The van der Waals surface area contributed by atoms with Crippen molar-refractivity contribution in [2.45, 2.75) is 0 Å². The van der Waals surface area contributed by atoms with Crippen LogP contribution in [-0.2, 0) is 0 Å². The van der Waals surface area contributed by atoms with Crippen LogP contribution in [0.4, 0.5) is 27.5 Å². The van der Waals surface area contributed by atoms with Crippen molar-refractivity contribution in [2.24, 2.45) is 20.0 Å². The first kappa shape index (κ1) is 28.2. The zero-order valence-corrected chi connectivity index (χ0v) is 23.7. The highest BCUT2D eigenvalue weighted by atomic mass is 16.3. The second-order valence-electron chi connectivity index (χ2n) is 10.0. The Balaban J connectivity index is 1.01. The SMILES string of the molecule is O=C(Nc1ccc(C(O)=Nc2ccc(C3=NCCN3)cc2)cc1)Nc1ccc(C(O)=Nc2ccc(C3=NCCN3)cc2)cc1. The van der Waals surface area contributed by atoms with Crippen LogP contribution in [-0.4, -0.2) is 65.9 Å². The number of aliphatic hydroxyl groups is 2. The molecule has 2 amide bonds. The molecule has 44 heavy (non-hydrogen) atoms. The van der Waals surface area contributed by atoms with Gasteiger partial charge in [-0.25, -0.2) is 14.8 Å². The Hall–Kier alpha value is -5.97. The molecule has 0 atom stereocenters. The van der Waals surface area contributed by atoms with Gasteiger partial charge in [-0.3, -0.25) is 9.98 Å². The standard InChI is InChI=1S/C33H30N8O3/c42-31(38-25-9-1-21(2-10-25)29-34-17-18-35-29)23-5-13-27(14-6-23)40-33(44)41-28-15-7-24(8-16-28)32(43)39-26-11-3-22(4-12-26)30-36-19-20-37-30/h1-16H,17-20H2,(H,34,35)(H,36,37)(H,38,42)(H,39,43)(H2,40,41,44). The summed E-state index contributed by atoms with van der Waals surface area (Å²) < 4.78 is 0. The maximum atomic E-state index is 12.6. The summed E-state index contributed by atoms with van der Waals surface area (Å²) in [5.41, 5.74) is 5.27. The van der Waals surface area contributed by atoms with Gasteiger partial charge in [0, 0.05) is 46.7 Å². The van der Waals surface area contributed by atoms with Gasteiger partial charge in [-0.2, -0.15) is 0 Å². The molecule has 2 aliphatic heterocycles. The predicted octanol–water partition coefficient (Wildman–Crippen LogP) is 5.30. The van der Waals surface area contributed by atoms with E-state index in [0.29, 0.717) is 33.9 Å². The minimum atomic E-state index is -0.441. The second kappa shape index (κ2) is 12.9. The lowest BCUT2D eigenvalue weighted by Crippen LogP contribution is -2.19. The largest absolute Gasteiger partial charge is 0.493 e. The lowest BCUT2D eigenvalue weighted by molar-refractivity contribution is 0.262. The quantitative estimate of drug-likeness (QED) is 0.122. The number of carbonyl (C=O) groups is 1. The maximum absolute atomic E-state index is 12.6. The van der Waals surface area contributed by atoms with Crippen molar-refractivity contribution in [1.29, 1.82) is 0 Å². The maximum Gasteiger partial charge on any atom is 0.323 e. The van der Waals surface area contributed by atoms with E-state index in [0.717, 1.165) is 49.0 Å². The number of urea groups is 1. The number of amides is 2. The fraction of sp³-hybridized carbons (Fsp3) is 0.121. The molecule has 220 valence electrons. The van der Waals surface area contributed by atoms with Gasteiger partial charge >= 0.3 is 6.03 Å². The van der Waals surface area contributed by atoms with Gasteiger partial charge in [0.05, 0.1) is 24.5 Å². The Morgan fingerprint density at radius 2 is 0.977 bits per heavy atom. The smallest absolute Gasteiger partial charge is 0.323 e. The van der Waals surface area contributed by atoms with Gasteiger partial charge in [0.2, 0.25) is 11.8 Å². The highest BCUT2D eigenvalue weighted by Gasteiger charge is 2.10. The lowest BCUT2D eigenvalue weighted by atomic mass is 10.1. The van der Waals surface area contributed by atoms with Gasteiger partial charge in [0.1, 0.15) is 11.7 Å². The molecule has 11 nitrogen and oxygen atoms in total. The van der Waals surface area contributed by atoms with Crippen LogP contribution in [0.2, 0.25) is 0 Å². The Morgan fingerprint density at radius 1 is 0.591 bits per heavy atom. The number of amidine groups is 2. The first-order valence-electron chi connectivity index (χ1n) is 14.1. The molecule has 2 aliphatic rings. The van der Waals surface area contributed by atoms with E-state index in [2.05, 4.69) is 41.2 Å². The molecular weight excluding hydrogens is 556 g/mol. The van der Waals surface area contributed by atoms with E-state index < -0.39 is 6.03 Å². The number of benzene rings is 4. The molecule has 0 aromatic heterocycles. The molecule has 0 saturated heterocycles. The minimum Gasteiger partial charge on any atom is -0.493 e. The Labute approximate surface area is 253 Å². The van der Waals surface area contributed by atoms with Crippen molar-refractivity contribution in [3.63, 3.8) is 0 Å². The van der Waals surface area contributed by atoms with E-state index in [1.807, 2.05) is 48.5 Å². The molecule has 0 aliphatic carbocycles. The molecule has 11 heteroatoms. The number of hydrogen-bond donors (Lipinski definition) is 6. The van der Waals surface area contributed by atoms with E-state index in [1.165, 1.54) is 0 Å². The van der Waals surface area contributed by atoms with Crippen LogP contribution < -0.4 is 21.3 Å². The van der Waals surface area contributed by atoms with Crippen molar-refractivity contribution in [3.8, 4) is 0 Å². The van der Waals surface area contributed by atoms with Crippen molar-refractivity contribution in [2.75, 3.05) is 36.8 Å². The number of anilines is 2. The van der Waals surface area contributed by atoms with Crippen molar-refractivity contribution in [1.82, 2.24) is 10.6 Å². The zero-order valence-electron chi connectivity index (χ0n) is 23.7. The fourth-order valence-electron chi connectivity index (χ4n) is 4.64. The Morgan fingerprint density at radius 3 is 1.32 bits per heavy atom. The van der Waals surface area contributed by atoms with Crippen LogP contribution in [0.1, 0.15) is 22.3 Å². The van der Waals surface area contributed by atoms with Crippen LogP contribution in [0.15, 0.2) is 117 Å². The predicted molar refractivity (Wildman–Crippen MR) is 175 cm³/mol. The number of aliphatic imine (C=N–C) groups is 4. The molecule has 0 spiro atoms. The van der Waals surface area contributed by atoms with Gasteiger partial charge in [-0.05, 0) is 97.1 Å². The van der Waals surface area contributed by atoms with Crippen LogP contribution in [0.5, 0.6) is 0 Å². The highest BCUT2D eigenvalue weighted by molar-refractivity contribution is 6.02. The fourth-order valence-corrected chi connectivity index (χ4v) is 4.64. The topological polar surface area (TPSA) is 155 Å². The Kier molecular flexibility index (Phi) is 8.26. The molecule has 6 rings (SSSR count). The van der Waals surface area contributed by atoms with Crippen molar-refractivity contribution < 1.29 is 15.0 Å². The summed E-state index contributed by atoms with van der Waals surface area (Å²) in [7, 11) is 0. The minimum absolute atomic E-state index is 0.134. The third-order valence-electron chi connectivity index (χ3n) is 6.90. The summed E-state index contributed by atoms with van der Waals surface area (Å²) in [6, 6.07) is 27.8. The highest BCUT2D eigenvalue weighted by Crippen LogP contribution is 2.19. The van der Waals surface area contributed by atoms with Gasteiger partial charge < -0.3 is 31.5 Å². The number of hydrogen-bond acceptors (Lipinski definition) is 7. The number of nitrogens with one attached hydrogen (secondary N) is 4. The molecule has 0 radical (unpaired) electrons. The van der Waals surface area contributed by atoms with E-state index in [1.54, 1.807) is 48.5 Å². The molecule has 4 aromatic rings. The lowest BCUT2D eigenvalue weighted by Gasteiger charge is -2.09. The van der Waals surface area contributed by atoms with E-state index in [-0.39, 0.29) is 11.8 Å². The molecule has 4 aromatic carbocycles. The number of nitrogens with zero attached hydrogens (tertiary/aromatic N) is 4. The molecule has 0 fully saturated rings. The normalized spacial score (nSPS) is 14.7. The number of aliphatic hydroxyl groups excluding tert-OH is 2. The van der Waals surface area contributed by atoms with Crippen LogP contribution >= 0.6 is 0 Å². The zero-order chi connectivity index (χ0) is 30.3. The van der Waals surface area contributed by atoms with Crippen molar-refractivity contribution in [3.05, 3.63) is 119 Å². The molecule has 0 unspecified atom stereocenters. The molecule has 2 heterocycles. The molecule has 0 saturated carbocycles. The summed E-state index contributed by atoms with van der Waals surface area (Å²) in [5.74, 6) is 1.46. The first-order valence-corrected chi connectivity index (χ1v) is 14.1. The van der Waals surface area contributed by atoms with Gasteiger partial charge in [-0.1, -0.05) is 0 Å². The summed E-state index contributed by atoms with van der Waals surface area (Å²) in [5, 5.41) is 33.0. The number of carbonyl (C=O) groups excluding carboxylic acids is 1. The van der Waals surface area contributed by atoms with Gasteiger partial charge in [0.25, 0.3) is 0 Å². The summed E-state index contributed by atoms with van der Waals surface area (Å²) in [4.78, 5) is 29.9. The third-order valence-corrected chi connectivity index (χ3v) is 6.90. The Bertz CT molecular complexity index is 1630. The van der Waals surface area contributed by atoms with E-state index in [9.17, 15) is 15.0 Å². The van der Waals surface area contributed by atoms with Crippen LogP contribution in [0.3, 0.4) is 0 Å². The number of rotatable bonds is 8. The monoisotopic (exact) mass is 586 g/mol. The van der Waals surface area contributed by atoms with Crippen molar-refractivity contribution >= 4 is 52.2 Å². The average Bonchev–Trinajstić information content (AvgIpc) is 3.78. The van der Waals surface area contributed by atoms with Crippen LogP contribution in [0.25, 0.3) is 0 Å². The van der Waals surface area contributed by atoms with Crippen LogP contribution in [0, 0.1) is 0 Å².